The van der Waals surface area contributed by atoms with Gasteiger partial charge in [0.2, 0.25) is 0 Å². The van der Waals surface area contributed by atoms with Crippen LogP contribution >= 0.6 is 50.5 Å². The van der Waals surface area contributed by atoms with Gasteiger partial charge in [0.15, 0.2) is 4.80 Å². The molecule has 3 aromatic carbocycles. The average molecular weight is 716 g/mol. The van der Waals surface area contributed by atoms with Crippen LogP contribution in [0.1, 0.15) is 49.4 Å². The number of benzene rings is 3. The number of thiazole rings is 1. The maximum absolute atomic E-state index is 14.2. The minimum atomic E-state index is -0.803. The van der Waals surface area contributed by atoms with E-state index in [9.17, 15) is 9.59 Å². The highest BCUT2D eigenvalue weighted by atomic mass is 79.9. The monoisotopic (exact) mass is 714 g/mol. The van der Waals surface area contributed by atoms with Gasteiger partial charge in [-0.15, -0.1) is 0 Å². The molecule has 0 fully saturated rings. The lowest BCUT2D eigenvalue weighted by molar-refractivity contribution is -0.139. The van der Waals surface area contributed by atoms with Crippen molar-refractivity contribution in [2.75, 3.05) is 13.7 Å². The molecule has 0 aliphatic carbocycles. The third kappa shape index (κ3) is 6.66. The first kappa shape index (κ1) is 32.0. The van der Waals surface area contributed by atoms with Crippen molar-refractivity contribution in [3.05, 3.63) is 123 Å². The Bertz CT molecular complexity index is 1930. The number of methoxy groups -OCH3 is 1. The lowest BCUT2D eigenvalue weighted by Crippen LogP contribution is -2.40. The number of fused-ring (bicyclic) bond motifs is 1. The molecule has 0 saturated carbocycles. The number of nitrogens with zero attached hydrogens (tertiary/aromatic N) is 2. The highest BCUT2D eigenvalue weighted by molar-refractivity contribution is 9.10. The van der Waals surface area contributed by atoms with E-state index in [1.807, 2.05) is 49.4 Å². The number of rotatable bonds is 10. The molecule has 1 aliphatic rings. The molecule has 0 radical (unpaired) electrons. The zero-order valence-corrected chi connectivity index (χ0v) is 28.1. The Morgan fingerprint density at radius 2 is 1.86 bits per heavy atom. The molecule has 4 aromatic rings. The molecule has 0 saturated heterocycles. The Hall–Kier alpha value is -3.37. The number of carbonyl (C=O) groups is 1. The van der Waals surface area contributed by atoms with Gasteiger partial charge in [-0.25, -0.2) is 9.79 Å². The first-order chi connectivity index (χ1) is 21.2. The first-order valence-corrected chi connectivity index (χ1v) is 16.3. The summed E-state index contributed by atoms with van der Waals surface area (Å²) in [5, 5.41) is 0.918. The van der Waals surface area contributed by atoms with Crippen molar-refractivity contribution in [3.8, 4) is 11.5 Å². The van der Waals surface area contributed by atoms with Gasteiger partial charge in [0.1, 0.15) is 24.1 Å². The maximum Gasteiger partial charge on any atom is 0.338 e. The number of allylic oxidation sites excluding steroid dienone is 1. The van der Waals surface area contributed by atoms with Gasteiger partial charge in [-0.05, 0) is 61.4 Å². The molecule has 7 nitrogen and oxygen atoms in total. The van der Waals surface area contributed by atoms with Gasteiger partial charge in [0.25, 0.3) is 5.56 Å². The molecule has 11 heteroatoms. The fourth-order valence-electron chi connectivity index (χ4n) is 5.00. The Morgan fingerprint density at radius 1 is 1.07 bits per heavy atom. The zero-order chi connectivity index (χ0) is 31.4. The van der Waals surface area contributed by atoms with E-state index >= 15 is 0 Å². The molecule has 1 aliphatic heterocycles. The minimum Gasteiger partial charge on any atom is -0.496 e. The molecule has 0 bridgehead atoms. The van der Waals surface area contributed by atoms with Crippen LogP contribution in [0.5, 0.6) is 11.5 Å². The summed E-state index contributed by atoms with van der Waals surface area (Å²) in [5.41, 5.74) is 2.84. The first-order valence-electron chi connectivity index (χ1n) is 14.0. The second kappa shape index (κ2) is 14.2. The number of para-hydroxylation sites is 1. The van der Waals surface area contributed by atoms with Crippen LogP contribution in [0.4, 0.5) is 0 Å². The SMILES string of the molecule is CCCC1=C(C(=O)OCC)[C@@H](c2cc(Br)ccc2OC)n2c(s/c(=C/c3ccccc3OCc3ccc(Cl)c(Cl)c3)c2=O)=N1. The van der Waals surface area contributed by atoms with Crippen LogP contribution in [0.3, 0.4) is 0 Å². The van der Waals surface area contributed by atoms with Crippen LogP contribution in [0, 0.1) is 0 Å². The number of carbonyl (C=O) groups excluding carboxylic acids is 1. The van der Waals surface area contributed by atoms with Crippen molar-refractivity contribution in [2.45, 2.75) is 39.3 Å². The molecule has 0 amide bonds. The van der Waals surface area contributed by atoms with Gasteiger partial charge >= 0.3 is 5.97 Å². The lowest BCUT2D eigenvalue weighted by Gasteiger charge is -2.27. The second-order valence-electron chi connectivity index (χ2n) is 9.87. The largest absolute Gasteiger partial charge is 0.496 e. The topological polar surface area (TPSA) is 79.1 Å². The van der Waals surface area contributed by atoms with Crippen LogP contribution in [0.25, 0.3) is 6.08 Å². The van der Waals surface area contributed by atoms with Crippen molar-refractivity contribution < 1.29 is 19.0 Å². The van der Waals surface area contributed by atoms with E-state index in [1.54, 1.807) is 42.9 Å². The normalized spacial score (nSPS) is 14.7. The quantitative estimate of drug-likeness (QED) is 0.162. The summed E-state index contributed by atoms with van der Waals surface area (Å²) in [6, 6.07) is 17.5. The Morgan fingerprint density at radius 3 is 2.59 bits per heavy atom. The minimum absolute atomic E-state index is 0.188. The van der Waals surface area contributed by atoms with Gasteiger partial charge in [-0.1, -0.05) is 88.1 Å². The summed E-state index contributed by atoms with van der Waals surface area (Å²) in [5.74, 6) is 0.615. The van der Waals surface area contributed by atoms with E-state index in [1.165, 1.54) is 11.3 Å². The highest BCUT2D eigenvalue weighted by Gasteiger charge is 2.36. The molecule has 228 valence electrons. The van der Waals surface area contributed by atoms with E-state index in [-0.39, 0.29) is 18.8 Å². The molecule has 0 N–H and O–H groups in total. The summed E-state index contributed by atoms with van der Waals surface area (Å²) in [6.45, 7) is 4.22. The summed E-state index contributed by atoms with van der Waals surface area (Å²) >= 11 is 17.0. The lowest BCUT2D eigenvalue weighted by atomic mass is 9.93. The number of hydrogen-bond donors (Lipinski definition) is 0. The van der Waals surface area contributed by atoms with E-state index in [2.05, 4.69) is 15.9 Å². The molecule has 5 rings (SSSR count). The van der Waals surface area contributed by atoms with Crippen LogP contribution in [0.2, 0.25) is 10.0 Å². The predicted molar refractivity (Wildman–Crippen MR) is 178 cm³/mol. The molecule has 44 heavy (non-hydrogen) atoms. The summed E-state index contributed by atoms with van der Waals surface area (Å²) in [6.07, 6.45) is 3.08. The van der Waals surface area contributed by atoms with Crippen molar-refractivity contribution in [1.82, 2.24) is 4.57 Å². The molecule has 1 atom stereocenters. The Kier molecular flexibility index (Phi) is 10.3. The number of esters is 1. The number of ether oxygens (including phenoxy) is 3. The molecule has 1 aromatic heterocycles. The molecule has 0 spiro atoms. The fourth-order valence-corrected chi connectivity index (χ4v) is 6.71. The highest BCUT2D eigenvalue weighted by Crippen LogP contribution is 2.38. The van der Waals surface area contributed by atoms with Crippen LogP contribution in [-0.2, 0) is 16.1 Å². The van der Waals surface area contributed by atoms with Gasteiger partial charge in [-0.3, -0.25) is 9.36 Å². The third-order valence-corrected chi connectivity index (χ3v) is 9.18. The van der Waals surface area contributed by atoms with Gasteiger partial charge < -0.3 is 14.2 Å². The molecular formula is C33H29BrCl2N2O5S. The predicted octanol–water partition coefficient (Wildman–Crippen LogP) is 7.24. The zero-order valence-electron chi connectivity index (χ0n) is 24.2. The number of halogens is 3. The summed E-state index contributed by atoms with van der Waals surface area (Å²) < 4.78 is 20.1. The standard InChI is InChI=1S/C33H29BrCl2N2O5S/c1-4-8-25-29(32(40)42-5-2)30(22-17-21(34)12-14-27(22)41-3)38-31(39)28(44-33(38)37-25)16-20-9-6-7-10-26(20)43-18-19-11-13-23(35)24(36)15-19/h6-7,9-17,30H,4-5,8,18H2,1-3H3/b28-16+/t30-/m1/s1. The van der Waals surface area contributed by atoms with Crippen LogP contribution < -0.4 is 24.4 Å². The van der Waals surface area contributed by atoms with Crippen molar-refractivity contribution in [2.24, 2.45) is 4.99 Å². The van der Waals surface area contributed by atoms with E-state index in [4.69, 9.17) is 42.4 Å². The van der Waals surface area contributed by atoms with Crippen LogP contribution in [0.15, 0.2) is 86.2 Å². The summed E-state index contributed by atoms with van der Waals surface area (Å²) in [7, 11) is 1.56. The number of aromatic nitrogens is 1. The smallest absolute Gasteiger partial charge is 0.338 e. The van der Waals surface area contributed by atoms with Crippen LogP contribution in [-0.4, -0.2) is 24.3 Å². The molecule has 0 unspecified atom stereocenters. The maximum atomic E-state index is 14.2. The average Bonchev–Trinajstić information content (AvgIpc) is 3.32. The molecule has 2 heterocycles. The van der Waals surface area contributed by atoms with Gasteiger partial charge in [-0.2, -0.15) is 0 Å². The number of hydrogen-bond acceptors (Lipinski definition) is 7. The molecular weight excluding hydrogens is 687 g/mol. The van der Waals surface area contributed by atoms with E-state index < -0.39 is 12.0 Å². The van der Waals surface area contributed by atoms with Gasteiger partial charge in [0, 0.05) is 15.6 Å². The van der Waals surface area contributed by atoms with Crippen molar-refractivity contribution in [3.63, 3.8) is 0 Å². The van der Waals surface area contributed by atoms with Crippen molar-refractivity contribution in [1.29, 1.82) is 0 Å². The van der Waals surface area contributed by atoms with Crippen molar-refractivity contribution >= 4 is 62.5 Å². The third-order valence-electron chi connectivity index (χ3n) is 6.96. The van der Waals surface area contributed by atoms with E-state index in [0.29, 0.717) is 59.7 Å². The Balaban J connectivity index is 1.66. The second-order valence-corrected chi connectivity index (χ2v) is 12.6. The summed E-state index contributed by atoms with van der Waals surface area (Å²) in [4.78, 5) is 33.1. The fraction of sp³-hybridized carbons (Fsp3) is 0.242. The van der Waals surface area contributed by atoms with E-state index in [0.717, 1.165) is 16.5 Å². The van der Waals surface area contributed by atoms with Gasteiger partial charge in [0.05, 0.1) is 39.6 Å². The Labute approximate surface area is 277 Å².